The standard InChI is InChI=1S/C11H14N4O/c1-12-6-5-11-13-8-15(14-11)9-3-2-4-10(16)7-9/h2-4,7-8,12,16H,5-6H2,1H3. The first kappa shape index (κ1) is 10.6. The molecule has 1 aromatic heterocycles. The Bertz CT molecular complexity index is 467. The molecule has 0 aliphatic rings. The Kier molecular flexibility index (Phi) is 3.16. The highest BCUT2D eigenvalue weighted by Gasteiger charge is 2.02. The van der Waals surface area contributed by atoms with E-state index in [0.29, 0.717) is 0 Å². The van der Waals surface area contributed by atoms with Gasteiger partial charge in [0.1, 0.15) is 12.1 Å². The number of aromatic hydroxyl groups is 1. The van der Waals surface area contributed by atoms with Gasteiger partial charge in [-0.25, -0.2) is 9.67 Å². The van der Waals surface area contributed by atoms with Crippen LogP contribution in [0.15, 0.2) is 30.6 Å². The summed E-state index contributed by atoms with van der Waals surface area (Å²) in [5, 5.41) is 16.7. The first-order valence-electron chi connectivity index (χ1n) is 5.14. The normalized spacial score (nSPS) is 10.6. The fourth-order valence-corrected chi connectivity index (χ4v) is 1.41. The Hall–Kier alpha value is -1.88. The lowest BCUT2D eigenvalue weighted by Gasteiger charge is -2.00. The zero-order valence-corrected chi connectivity index (χ0v) is 9.09. The second kappa shape index (κ2) is 4.76. The summed E-state index contributed by atoms with van der Waals surface area (Å²) in [6.07, 6.45) is 2.45. The van der Waals surface area contributed by atoms with Gasteiger partial charge >= 0.3 is 0 Å². The van der Waals surface area contributed by atoms with Gasteiger partial charge in [0.2, 0.25) is 0 Å². The number of phenolic OH excluding ortho intramolecular Hbond substituents is 1. The maximum Gasteiger partial charge on any atom is 0.152 e. The van der Waals surface area contributed by atoms with Crippen LogP contribution < -0.4 is 5.32 Å². The Balaban J connectivity index is 2.18. The van der Waals surface area contributed by atoms with E-state index in [0.717, 1.165) is 24.5 Å². The fraction of sp³-hybridized carbons (Fsp3) is 0.273. The molecule has 1 heterocycles. The number of benzene rings is 1. The van der Waals surface area contributed by atoms with Crippen molar-refractivity contribution in [3.05, 3.63) is 36.4 Å². The van der Waals surface area contributed by atoms with Crippen LogP contribution in [0.5, 0.6) is 5.75 Å². The van der Waals surface area contributed by atoms with Crippen LogP contribution in [0.2, 0.25) is 0 Å². The van der Waals surface area contributed by atoms with Gasteiger partial charge in [-0.15, -0.1) is 0 Å². The third kappa shape index (κ3) is 2.38. The molecule has 5 heteroatoms. The van der Waals surface area contributed by atoms with Crippen LogP contribution >= 0.6 is 0 Å². The molecule has 2 aromatic rings. The molecule has 0 atom stereocenters. The van der Waals surface area contributed by atoms with Gasteiger partial charge in [0.05, 0.1) is 5.69 Å². The number of phenols is 1. The van der Waals surface area contributed by atoms with Gasteiger partial charge in [-0.2, -0.15) is 5.10 Å². The lowest BCUT2D eigenvalue weighted by molar-refractivity contribution is 0.475. The van der Waals surface area contributed by atoms with Crippen LogP contribution in [0.3, 0.4) is 0 Å². The molecule has 0 fully saturated rings. The minimum atomic E-state index is 0.227. The highest BCUT2D eigenvalue weighted by Crippen LogP contribution is 2.13. The van der Waals surface area contributed by atoms with E-state index in [-0.39, 0.29) is 5.75 Å². The number of nitrogens with one attached hydrogen (secondary N) is 1. The topological polar surface area (TPSA) is 63.0 Å². The smallest absolute Gasteiger partial charge is 0.152 e. The third-order valence-corrected chi connectivity index (χ3v) is 2.23. The van der Waals surface area contributed by atoms with E-state index in [1.807, 2.05) is 13.1 Å². The van der Waals surface area contributed by atoms with E-state index in [4.69, 9.17) is 0 Å². The maximum absolute atomic E-state index is 9.35. The maximum atomic E-state index is 9.35. The predicted octanol–water partition coefficient (Wildman–Crippen LogP) is 0.735. The van der Waals surface area contributed by atoms with Gasteiger partial charge in [0.25, 0.3) is 0 Å². The summed E-state index contributed by atoms with van der Waals surface area (Å²) in [4.78, 5) is 4.19. The highest BCUT2D eigenvalue weighted by molar-refractivity contribution is 5.37. The van der Waals surface area contributed by atoms with Gasteiger partial charge in [-0.05, 0) is 19.2 Å². The molecule has 0 radical (unpaired) electrons. The van der Waals surface area contributed by atoms with Crippen molar-refractivity contribution in [3.63, 3.8) is 0 Å². The molecule has 2 N–H and O–H groups in total. The summed E-state index contributed by atoms with van der Waals surface area (Å²) in [5.74, 6) is 1.02. The summed E-state index contributed by atoms with van der Waals surface area (Å²) in [6.45, 7) is 0.851. The van der Waals surface area contributed by atoms with E-state index in [1.165, 1.54) is 0 Å². The van der Waals surface area contributed by atoms with E-state index < -0.39 is 0 Å². The first-order chi connectivity index (χ1) is 7.79. The van der Waals surface area contributed by atoms with Crippen molar-refractivity contribution in [1.82, 2.24) is 20.1 Å². The molecule has 0 spiro atoms. The molecule has 0 amide bonds. The van der Waals surface area contributed by atoms with Crippen LogP contribution in [0.1, 0.15) is 5.82 Å². The van der Waals surface area contributed by atoms with Crippen LogP contribution in [-0.2, 0) is 6.42 Å². The first-order valence-corrected chi connectivity index (χ1v) is 5.14. The molecule has 84 valence electrons. The molecule has 16 heavy (non-hydrogen) atoms. The fourth-order valence-electron chi connectivity index (χ4n) is 1.41. The number of likely N-dealkylation sites (N-methyl/N-ethyl adjacent to an activating group) is 1. The van der Waals surface area contributed by atoms with Crippen molar-refractivity contribution in [1.29, 1.82) is 0 Å². The molecular weight excluding hydrogens is 204 g/mol. The summed E-state index contributed by atoms with van der Waals surface area (Å²) < 4.78 is 1.66. The number of hydrogen-bond donors (Lipinski definition) is 2. The van der Waals surface area contributed by atoms with Crippen LogP contribution in [0, 0.1) is 0 Å². The lowest BCUT2D eigenvalue weighted by Crippen LogP contribution is -2.11. The molecule has 0 saturated heterocycles. The number of nitrogens with zero attached hydrogens (tertiary/aromatic N) is 3. The molecule has 2 rings (SSSR count). The van der Waals surface area contributed by atoms with Crippen molar-refractivity contribution < 1.29 is 5.11 Å². The van der Waals surface area contributed by atoms with Crippen molar-refractivity contribution in [2.75, 3.05) is 13.6 Å². The zero-order valence-electron chi connectivity index (χ0n) is 9.09. The van der Waals surface area contributed by atoms with Crippen molar-refractivity contribution in [3.8, 4) is 11.4 Å². The van der Waals surface area contributed by atoms with Gasteiger partial charge in [-0.3, -0.25) is 0 Å². The Morgan fingerprint density at radius 3 is 3.06 bits per heavy atom. The van der Waals surface area contributed by atoms with Gasteiger partial charge in [-0.1, -0.05) is 6.07 Å². The largest absolute Gasteiger partial charge is 0.508 e. The molecule has 0 aliphatic carbocycles. The summed E-state index contributed by atoms with van der Waals surface area (Å²) >= 11 is 0. The molecule has 1 aromatic carbocycles. The minimum Gasteiger partial charge on any atom is -0.508 e. The van der Waals surface area contributed by atoms with Gasteiger partial charge < -0.3 is 10.4 Å². The minimum absolute atomic E-state index is 0.227. The molecule has 0 unspecified atom stereocenters. The average molecular weight is 218 g/mol. The van der Waals surface area contributed by atoms with E-state index >= 15 is 0 Å². The van der Waals surface area contributed by atoms with Crippen molar-refractivity contribution in [2.45, 2.75) is 6.42 Å². The van der Waals surface area contributed by atoms with Crippen LogP contribution in [-0.4, -0.2) is 33.5 Å². The van der Waals surface area contributed by atoms with Gasteiger partial charge in [0.15, 0.2) is 5.82 Å². The Morgan fingerprint density at radius 2 is 2.31 bits per heavy atom. The quantitative estimate of drug-likeness (QED) is 0.794. The lowest BCUT2D eigenvalue weighted by atomic mass is 10.3. The van der Waals surface area contributed by atoms with Gasteiger partial charge in [0, 0.05) is 19.0 Å². The Morgan fingerprint density at radius 1 is 1.44 bits per heavy atom. The number of aromatic nitrogens is 3. The third-order valence-electron chi connectivity index (χ3n) is 2.23. The molecule has 0 bridgehead atoms. The summed E-state index contributed by atoms with van der Waals surface area (Å²) in [7, 11) is 1.90. The average Bonchev–Trinajstić information content (AvgIpc) is 2.75. The number of rotatable bonds is 4. The van der Waals surface area contributed by atoms with Crippen molar-refractivity contribution in [2.24, 2.45) is 0 Å². The molecule has 0 aliphatic heterocycles. The molecular formula is C11H14N4O. The predicted molar refractivity (Wildman–Crippen MR) is 60.7 cm³/mol. The zero-order chi connectivity index (χ0) is 11.4. The summed E-state index contributed by atoms with van der Waals surface area (Å²) in [6, 6.07) is 6.93. The summed E-state index contributed by atoms with van der Waals surface area (Å²) in [5.41, 5.74) is 0.809. The van der Waals surface area contributed by atoms with E-state index in [9.17, 15) is 5.11 Å². The highest BCUT2D eigenvalue weighted by atomic mass is 16.3. The van der Waals surface area contributed by atoms with Crippen molar-refractivity contribution >= 4 is 0 Å². The second-order valence-corrected chi connectivity index (χ2v) is 3.48. The molecule has 0 saturated carbocycles. The van der Waals surface area contributed by atoms with Crippen LogP contribution in [0.25, 0.3) is 5.69 Å². The van der Waals surface area contributed by atoms with E-state index in [2.05, 4.69) is 15.4 Å². The number of hydrogen-bond acceptors (Lipinski definition) is 4. The molecule has 5 nitrogen and oxygen atoms in total. The van der Waals surface area contributed by atoms with E-state index in [1.54, 1.807) is 29.2 Å². The Labute approximate surface area is 93.8 Å². The monoisotopic (exact) mass is 218 g/mol. The second-order valence-electron chi connectivity index (χ2n) is 3.48. The van der Waals surface area contributed by atoms with Crippen LogP contribution in [0.4, 0.5) is 0 Å². The SMILES string of the molecule is CNCCc1ncn(-c2cccc(O)c2)n1.